The van der Waals surface area contributed by atoms with E-state index >= 15 is 0 Å². The normalized spacial score (nSPS) is 30.9. The molecule has 4 N–H and O–H groups in total. The van der Waals surface area contributed by atoms with E-state index in [-0.39, 0.29) is 11.0 Å². The summed E-state index contributed by atoms with van der Waals surface area (Å²) in [6.45, 7) is 12.5. The molecule has 0 aliphatic carbocycles. The Bertz CT molecular complexity index is 219. The molecule has 2 unspecified atom stereocenters. The Morgan fingerprint density at radius 1 is 0.450 bits per heavy atom. The topological polar surface area (TPSA) is 76.0 Å². The van der Waals surface area contributed by atoms with Gasteiger partial charge >= 0.3 is 0 Å². The van der Waals surface area contributed by atoms with Crippen molar-refractivity contribution in [3.63, 3.8) is 0 Å². The van der Waals surface area contributed by atoms with Gasteiger partial charge in [0.1, 0.15) is 0 Å². The van der Waals surface area contributed by atoms with Gasteiger partial charge in [-0.15, -0.1) is 0 Å². The molecule has 0 aromatic heterocycles. The summed E-state index contributed by atoms with van der Waals surface area (Å²) >= 11 is 0. The highest BCUT2D eigenvalue weighted by Crippen LogP contribution is 2.04. The molecule has 2 aliphatic rings. The number of hydrogen-bond acceptors (Lipinski definition) is 4. The van der Waals surface area contributed by atoms with Crippen LogP contribution in [0.4, 0.5) is 0 Å². The van der Waals surface area contributed by atoms with Crippen LogP contribution < -0.4 is 0 Å². The minimum atomic E-state index is 0. The van der Waals surface area contributed by atoms with Crippen molar-refractivity contribution in [3.05, 3.63) is 0 Å². The maximum absolute atomic E-state index is 2.66. The lowest BCUT2D eigenvalue weighted by atomic mass is 10.2. The lowest BCUT2D eigenvalue weighted by molar-refractivity contribution is 0.135. The molecule has 0 aromatic carbocycles. The number of likely N-dealkylation sites (N-methyl/N-ethyl adjacent to an activating group) is 2. The van der Waals surface area contributed by atoms with Gasteiger partial charge < -0.3 is 30.6 Å². The van der Waals surface area contributed by atoms with Crippen molar-refractivity contribution in [1.82, 2.24) is 19.6 Å². The van der Waals surface area contributed by atoms with E-state index in [2.05, 4.69) is 33.7 Å². The molecule has 2 aliphatic heterocycles. The van der Waals surface area contributed by atoms with Gasteiger partial charge in [0, 0.05) is 39.3 Å². The zero-order valence-corrected chi connectivity index (χ0v) is 13.3. The van der Waals surface area contributed by atoms with Crippen LogP contribution in [-0.4, -0.2) is 110 Å². The molecule has 2 bridgehead atoms. The summed E-state index contributed by atoms with van der Waals surface area (Å²) in [7, 11) is 4.54. The molecule has 2 rings (SSSR count). The van der Waals surface area contributed by atoms with Crippen molar-refractivity contribution in [2.24, 2.45) is 0 Å². The van der Waals surface area contributed by atoms with Crippen molar-refractivity contribution >= 4 is 0 Å². The van der Waals surface area contributed by atoms with E-state index in [1.165, 1.54) is 78.3 Å². The van der Waals surface area contributed by atoms with Crippen LogP contribution in [0.5, 0.6) is 0 Å². The summed E-state index contributed by atoms with van der Waals surface area (Å²) in [6, 6.07) is 0. The van der Waals surface area contributed by atoms with E-state index in [9.17, 15) is 0 Å². The Morgan fingerprint density at radius 3 is 1.20 bits per heavy atom. The van der Waals surface area contributed by atoms with Gasteiger partial charge in [-0.05, 0) is 53.1 Å². The number of hydrogen-bond donors (Lipinski definition) is 0. The van der Waals surface area contributed by atoms with Gasteiger partial charge in [-0.1, -0.05) is 0 Å². The summed E-state index contributed by atoms with van der Waals surface area (Å²) in [5.41, 5.74) is 0. The highest BCUT2D eigenvalue weighted by Gasteiger charge is 2.15. The molecule has 2 saturated heterocycles. The number of rotatable bonds is 0. The third-order valence-corrected chi connectivity index (χ3v) is 4.36. The number of fused-ring (bicyclic) bond motifs is 3. The van der Waals surface area contributed by atoms with Gasteiger partial charge in [0.05, 0.1) is 0 Å². The monoisotopic (exact) mass is 290 g/mol. The SMILES string of the molecule is CN1CCCN2CCN(C)CCCN(CC1)CC2.O.O. The lowest BCUT2D eigenvalue weighted by Gasteiger charge is -2.34. The predicted octanol–water partition coefficient (Wildman–Crippen LogP) is -1.39. The minimum absolute atomic E-state index is 0. The van der Waals surface area contributed by atoms with Gasteiger partial charge in [0.15, 0.2) is 0 Å². The molecule has 0 amide bonds. The molecular weight excluding hydrogens is 256 g/mol. The average molecular weight is 290 g/mol. The Labute approximate surface area is 123 Å². The fraction of sp³-hybridized carbons (Fsp3) is 1.00. The van der Waals surface area contributed by atoms with Crippen LogP contribution in [0, 0.1) is 0 Å². The third-order valence-electron chi connectivity index (χ3n) is 4.36. The molecule has 0 saturated carbocycles. The summed E-state index contributed by atoms with van der Waals surface area (Å²) in [6.07, 6.45) is 2.64. The van der Waals surface area contributed by atoms with Gasteiger partial charge in [-0.2, -0.15) is 0 Å². The molecule has 0 aromatic rings. The molecule has 6 nitrogen and oxygen atoms in total. The fourth-order valence-corrected chi connectivity index (χ4v) is 2.93. The largest absolute Gasteiger partial charge is 0.412 e. The van der Waals surface area contributed by atoms with Crippen LogP contribution >= 0.6 is 0 Å². The van der Waals surface area contributed by atoms with E-state index in [0.29, 0.717) is 0 Å². The van der Waals surface area contributed by atoms with Crippen LogP contribution in [0.2, 0.25) is 0 Å². The minimum Gasteiger partial charge on any atom is -0.412 e. The Balaban J connectivity index is 0.00000180. The first kappa shape index (κ1) is 19.8. The highest BCUT2D eigenvalue weighted by molar-refractivity contribution is 4.71. The lowest BCUT2D eigenvalue weighted by Crippen LogP contribution is -2.45. The Morgan fingerprint density at radius 2 is 0.800 bits per heavy atom. The molecule has 2 atom stereocenters. The van der Waals surface area contributed by atoms with Crippen LogP contribution in [0.15, 0.2) is 0 Å². The van der Waals surface area contributed by atoms with Crippen LogP contribution in [-0.2, 0) is 0 Å². The Kier molecular flexibility index (Phi) is 10.4. The molecule has 20 heavy (non-hydrogen) atoms. The number of nitrogens with zero attached hydrogens (tertiary/aromatic N) is 4. The van der Waals surface area contributed by atoms with Gasteiger partial charge in [-0.25, -0.2) is 0 Å². The van der Waals surface area contributed by atoms with Gasteiger partial charge in [-0.3, -0.25) is 0 Å². The Hall–Kier alpha value is -0.240. The first-order chi connectivity index (χ1) is 8.74. The summed E-state index contributed by atoms with van der Waals surface area (Å²) in [5, 5.41) is 0. The van der Waals surface area contributed by atoms with Crippen LogP contribution in [0.3, 0.4) is 0 Å². The average Bonchev–Trinajstić information content (AvgIpc) is 2.37. The maximum Gasteiger partial charge on any atom is 0.0110 e. The summed E-state index contributed by atoms with van der Waals surface area (Å²) in [4.78, 5) is 10.3. The van der Waals surface area contributed by atoms with E-state index in [1.807, 2.05) is 0 Å². The van der Waals surface area contributed by atoms with Crippen molar-refractivity contribution < 1.29 is 11.0 Å². The van der Waals surface area contributed by atoms with Crippen LogP contribution in [0.1, 0.15) is 12.8 Å². The molecule has 2 fully saturated rings. The fourth-order valence-electron chi connectivity index (χ4n) is 2.93. The summed E-state index contributed by atoms with van der Waals surface area (Å²) < 4.78 is 0. The van der Waals surface area contributed by atoms with E-state index in [0.717, 1.165) is 0 Å². The third kappa shape index (κ3) is 6.97. The maximum atomic E-state index is 2.66. The standard InChI is InChI=1S/C14H30N4.2H2O/c1-15-5-3-7-18-12-10-16(2)6-4-8-17(11-9-15)13-14-18;;/h3-14H2,1-2H3;2*1H2. The first-order valence-electron chi connectivity index (χ1n) is 7.56. The highest BCUT2D eigenvalue weighted by atomic mass is 16.0. The molecule has 0 radical (unpaired) electrons. The van der Waals surface area contributed by atoms with E-state index < -0.39 is 0 Å². The van der Waals surface area contributed by atoms with Crippen molar-refractivity contribution in [3.8, 4) is 0 Å². The van der Waals surface area contributed by atoms with E-state index in [1.54, 1.807) is 0 Å². The molecule has 2 heterocycles. The molecule has 6 heteroatoms. The zero-order valence-electron chi connectivity index (χ0n) is 13.3. The second-order valence-corrected chi connectivity index (χ2v) is 6.00. The van der Waals surface area contributed by atoms with Gasteiger partial charge in [0.25, 0.3) is 0 Å². The summed E-state index contributed by atoms with van der Waals surface area (Å²) in [5.74, 6) is 0. The van der Waals surface area contributed by atoms with Crippen molar-refractivity contribution in [1.29, 1.82) is 0 Å². The van der Waals surface area contributed by atoms with Crippen molar-refractivity contribution in [2.45, 2.75) is 12.8 Å². The quantitative estimate of drug-likeness (QED) is 0.550. The van der Waals surface area contributed by atoms with Crippen LogP contribution in [0.25, 0.3) is 0 Å². The first-order valence-corrected chi connectivity index (χ1v) is 7.56. The molecule has 0 spiro atoms. The zero-order chi connectivity index (χ0) is 12.8. The van der Waals surface area contributed by atoms with Crippen molar-refractivity contribution in [2.75, 3.05) is 79.5 Å². The van der Waals surface area contributed by atoms with E-state index in [4.69, 9.17) is 0 Å². The molecular formula is C14H34N4O2. The second kappa shape index (κ2) is 10.5. The predicted molar refractivity (Wildman–Crippen MR) is 84.3 cm³/mol. The van der Waals surface area contributed by atoms with Gasteiger partial charge in [0.2, 0.25) is 0 Å². The smallest absolute Gasteiger partial charge is 0.0110 e. The second-order valence-electron chi connectivity index (χ2n) is 6.00. The molecule has 122 valence electrons.